The molecule has 2 amide bonds. The highest BCUT2D eigenvalue weighted by Gasteiger charge is 2.29. The third-order valence-corrected chi connectivity index (χ3v) is 5.65. The molecular weight excluding hydrogens is 382 g/mol. The van der Waals surface area contributed by atoms with Crippen LogP contribution in [-0.2, 0) is 6.54 Å². The number of hydrogen-bond donors (Lipinski definition) is 1. The van der Waals surface area contributed by atoms with Gasteiger partial charge in [-0.25, -0.2) is 0 Å². The van der Waals surface area contributed by atoms with Gasteiger partial charge in [-0.3, -0.25) is 14.4 Å². The van der Waals surface area contributed by atoms with Crippen LogP contribution in [-0.4, -0.2) is 40.4 Å². The number of nitrogens with one attached hydrogen (secondary N) is 1. The van der Waals surface area contributed by atoms with Gasteiger partial charge in [0, 0.05) is 31.5 Å². The molecule has 1 fully saturated rings. The lowest BCUT2D eigenvalue weighted by molar-refractivity contribution is 0.0605. The Balaban J connectivity index is 1.97. The van der Waals surface area contributed by atoms with Crippen LogP contribution in [0.5, 0.6) is 0 Å². The highest BCUT2D eigenvalue weighted by atomic mass is 16.3. The number of carbonyl (C=O) groups excluding carboxylic acids is 2. The number of piperidine rings is 1. The van der Waals surface area contributed by atoms with E-state index in [9.17, 15) is 14.4 Å². The second-order valence-electron chi connectivity index (χ2n) is 7.83. The van der Waals surface area contributed by atoms with Crippen LogP contribution in [0.15, 0.2) is 40.0 Å². The van der Waals surface area contributed by atoms with Crippen molar-refractivity contribution in [2.75, 3.05) is 13.1 Å². The van der Waals surface area contributed by atoms with Crippen molar-refractivity contribution in [2.24, 2.45) is 0 Å². The third-order valence-electron chi connectivity index (χ3n) is 5.65. The maximum absolute atomic E-state index is 13.3. The largest absolute Gasteiger partial charge is 0.467 e. The zero-order chi connectivity index (χ0) is 21.5. The van der Waals surface area contributed by atoms with Gasteiger partial charge in [0.25, 0.3) is 11.8 Å². The normalized spacial score (nSPS) is 16.5. The van der Waals surface area contributed by atoms with Gasteiger partial charge in [0.2, 0.25) is 5.43 Å². The lowest BCUT2D eigenvalue weighted by Gasteiger charge is -2.35. The predicted octanol–water partition coefficient (Wildman–Crippen LogP) is 3.42. The fourth-order valence-corrected chi connectivity index (χ4v) is 3.94. The number of unbranched alkanes of at least 4 members (excludes halogenated alkanes) is 1. The van der Waals surface area contributed by atoms with E-state index in [1.54, 1.807) is 28.0 Å². The molecule has 7 nitrogen and oxygen atoms in total. The molecule has 1 aliphatic heterocycles. The smallest absolute Gasteiger partial charge is 0.259 e. The van der Waals surface area contributed by atoms with Crippen LogP contribution in [0.2, 0.25) is 0 Å². The maximum atomic E-state index is 13.3. The lowest BCUT2D eigenvalue weighted by Crippen LogP contribution is -2.45. The van der Waals surface area contributed by atoms with Gasteiger partial charge in [-0.05, 0) is 44.2 Å². The topological polar surface area (TPSA) is 84.6 Å². The Hall–Kier alpha value is -2.83. The van der Waals surface area contributed by atoms with Crippen molar-refractivity contribution in [2.45, 2.75) is 65.0 Å². The van der Waals surface area contributed by atoms with Crippen molar-refractivity contribution >= 4 is 11.8 Å². The van der Waals surface area contributed by atoms with E-state index in [-0.39, 0.29) is 23.1 Å². The SMILES string of the molecule is CCCCNC(=O)c1cn(Cc2ccco2)cc(C(=O)N2CCCCC2CC)c1=O. The first-order chi connectivity index (χ1) is 14.5. The molecule has 30 heavy (non-hydrogen) atoms. The number of nitrogens with zero attached hydrogens (tertiary/aromatic N) is 2. The van der Waals surface area contributed by atoms with Crippen molar-refractivity contribution in [1.29, 1.82) is 0 Å². The van der Waals surface area contributed by atoms with Gasteiger partial charge in [0.1, 0.15) is 16.9 Å². The third kappa shape index (κ3) is 5.01. The minimum Gasteiger partial charge on any atom is -0.467 e. The summed E-state index contributed by atoms with van der Waals surface area (Å²) in [5.74, 6) is -0.0521. The van der Waals surface area contributed by atoms with Crippen molar-refractivity contribution in [1.82, 2.24) is 14.8 Å². The van der Waals surface area contributed by atoms with Crippen LogP contribution in [0.4, 0.5) is 0 Å². The summed E-state index contributed by atoms with van der Waals surface area (Å²) in [5.41, 5.74) is -0.469. The summed E-state index contributed by atoms with van der Waals surface area (Å²) in [5, 5.41) is 2.79. The fraction of sp³-hybridized carbons (Fsp3) is 0.522. The summed E-state index contributed by atoms with van der Waals surface area (Å²) in [4.78, 5) is 41.0. The quantitative estimate of drug-likeness (QED) is 0.672. The van der Waals surface area contributed by atoms with E-state index in [0.717, 1.165) is 38.5 Å². The van der Waals surface area contributed by atoms with E-state index in [0.29, 0.717) is 25.4 Å². The zero-order valence-electron chi connectivity index (χ0n) is 17.9. The molecule has 162 valence electrons. The van der Waals surface area contributed by atoms with Crippen molar-refractivity contribution in [3.63, 3.8) is 0 Å². The number of rotatable bonds is 8. The number of furan rings is 1. The summed E-state index contributed by atoms with van der Waals surface area (Å²) < 4.78 is 7.09. The Kier molecular flexibility index (Phi) is 7.49. The number of aromatic nitrogens is 1. The molecule has 2 aromatic heterocycles. The fourth-order valence-electron chi connectivity index (χ4n) is 3.94. The van der Waals surface area contributed by atoms with Gasteiger partial charge in [-0.2, -0.15) is 0 Å². The summed E-state index contributed by atoms with van der Waals surface area (Å²) in [6.07, 6.45) is 10.2. The Morgan fingerprint density at radius 3 is 2.70 bits per heavy atom. The molecule has 7 heteroatoms. The van der Waals surface area contributed by atoms with Gasteiger partial charge >= 0.3 is 0 Å². The first-order valence-corrected chi connectivity index (χ1v) is 10.9. The minimum absolute atomic E-state index is 0.00596. The average molecular weight is 414 g/mol. The van der Waals surface area contributed by atoms with Crippen LogP contribution >= 0.6 is 0 Å². The Morgan fingerprint density at radius 1 is 1.20 bits per heavy atom. The minimum atomic E-state index is -0.509. The number of hydrogen-bond acceptors (Lipinski definition) is 4. The van der Waals surface area contributed by atoms with Crippen LogP contribution in [0.1, 0.15) is 78.8 Å². The van der Waals surface area contributed by atoms with Crippen LogP contribution in [0, 0.1) is 0 Å². The van der Waals surface area contributed by atoms with Gasteiger partial charge in [0.15, 0.2) is 0 Å². The molecule has 0 aromatic carbocycles. The second-order valence-corrected chi connectivity index (χ2v) is 7.83. The van der Waals surface area contributed by atoms with E-state index in [4.69, 9.17) is 4.42 Å². The van der Waals surface area contributed by atoms with E-state index in [1.165, 1.54) is 6.20 Å². The van der Waals surface area contributed by atoms with Crippen molar-refractivity contribution < 1.29 is 14.0 Å². The van der Waals surface area contributed by atoms with Crippen molar-refractivity contribution in [3.05, 3.63) is 57.9 Å². The molecule has 1 saturated heterocycles. The van der Waals surface area contributed by atoms with Crippen LogP contribution < -0.4 is 10.7 Å². The highest BCUT2D eigenvalue weighted by Crippen LogP contribution is 2.21. The molecule has 3 rings (SSSR count). The van der Waals surface area contributed by atoms with Crippen LogP contribution in [0.25, 0.3) is 0 Å². The van der Waals surface area contributed by atoms with Gasteiger partial charge < -0.3 is 19.2 Å². The molecule has 0 aliphatic carbocycles. The number of carbonyl (C=O) groups is 2. The Bertz CT molecular complexity index is 917. The first kappa shape index (κ1) is 21.9. The number of likely N-dealkylation sites (tertiary alicyclic amines) is 1. The summed E-state index contributed by atoms with van der Waals surface area (Å²) in [6, 6.07) is 3.73. The molecule has 1 unspecified atom stereocenters. The predicted molar refractivity (Wildman–Crippen MR) is 115 cm³/mol. The monoisotopic (exact) mass is 413 g/mol. The van der Waals surface area contributed by atoms with Gasteiger partial charge in [0.05, 0.1) is 12.8 Å². The standard InChI is InChI=1S/C23H31N3O4/c1-3-5-11-24-22(28)19-15-25(14-18-10-8-13-30-18)16-20(21(19)27)23(29)26-12-7-6-9-17(26)4-2/h8,10,13,15-17H,3-7,9,11-12,14H2,1-2H3,(H,24,28). The molecule has 0 bridgehead atoms. The molecule has 0 radical (unpaired) electrons. The van der Waals surface area contributed by atoms with E-state index < -0.39 is 11.3 Å². The van der Waals surface area contributed by atoms with E-state index in [1.807, 2.05) is 13.0 Å². The molecular formula is C23H31N3O4. The van der Waals surface area contributed by atoms with E-state index in [2.05, 4.69) is 12.2 Å². The molecule has 0 saturated carbocycles. The van der Waals surface area contributed by atoms with Gasteiger partial charge in [-0.15, -0.1) is 0 Å². The second kappa shape index (κ2) is 10.3. The molecule has 1 aliphatic rings. The first-order valence-electron chi connectivity index (χ1n) is 10.9. The Morgan fingerprint density at radius 2 is 2.00 bits per heavy atom. The van der Waals surface area contributed by atoms with Crippen LogP contribution in [0.3, 0.4) is 0 Å². The number of amides is 2. The molecule has 0 spiro atoms. The molecule has 2 aromatic rings. The van der Waals surface area contributed by atoms with E-state index >= 15 is 0 Å². The molecule has 1 atom stereocenters. The highest BCUT2D eigenvalue weighted by molar-refractivity contribution is 5.99. The maximum Gasteiger partial charge on any atom is 0.259 e. The molecule has 1 N–H and O–H groups in total. The lowest BCUT2D eigenvalue weighted by atomic mass is 9.98. The Labute approximate surface area is 177 Å². The summed E-state index contributed by atoms with van der Waals surface area (Å²) in [6.45, 7) is 5.56. The summed E-state index contributed by atoms with van der Waals surface area (Å²) >= 11 is 0. The number of pyridine rings is 1. The zero-order valence-corrected chi connectivity index (χ0v) is 17.9. The van der Waals surface area contributed by atoms with Crippen molar-refractivity contribution in [3.8, 4) is 0 Å². The van der Waals surface area contributed by atoms with Gasteiger partial charge in [-0.1, -0.05) is 20.3 Å². The average Bonchev–Trinajstić information content (AvgIpc) is 3.27. The summed E-state index contributed by atoms with van der Waals surface area (Å²) in [7, 11) is 0. The molecule has 3 heterocycles.